The molecule has 174 valence electrons. The highest BCUT2D eigenvalue weighted by atomic mass is 19.4. The number of benzene rings is 2. The second kappa shape index (κ2) is 8.97. The molecule has 1 amide bonds. The lowest BCUT2D eigenvalue weighted by molar-refractivity contribution is -0.137. The van der Waals surface area contributed by atoms with Crippen LogP contribution in [0.5, 0.6) is 0 Å². The van der Waals surface area contributed by atoms with Crippen LogP contribution in [-0.2, 0) is 24.1 Å². The van der Waals surface area contributed by atoms with E-state index in [0.717, 1.165) is 17.7 Å². The maximum absolute atomic E-state index is 13.0. The number of nitrogens with zero attached hydrogens (tertiary/aromatic N) is 3. The molecule has 0 atom stereocenters. The van der Waals surface area contributed by atoms with Crippen molar-refractivity contribution in [2.45, 2.75) is 26.2 Å². The van der Waals surface area contributed by atoms with Crippen molar-refractivity contribution in [2.75, 3.05) is 5.32 Å². The molecule has 2 heterocycles. The zero-order valence-electron chi connectivity index (χ0n) is 18.1. The van der Waals surface area contributed by atoms with Crippen molar-refractivity contribution in [3.05, 3.63) is 88.1 Å². The van der Waals surface area contributed by atoms with Crippen LogP contribution in [-0.4, -0.2) is 20.4 Å². The van der Waals surface area contributed by atoms with Crippen LogP contribution in [0, 0.1) is 6.92 Å². The van der Waals surface area contributed by atoms with Gasteiger partial charge in [0.05, 0.1) is 11.1 Å². The van der Waals surface area contributed by atoms with Crippen molar-refractivity contribution in [3.8, 4) is 11.1 Å². The van der Waals surface area contributed by atoms with Crippen molar-refractivity contribution >= 4 is 22.6 Å². The minimum absolute atomic E-state index is 0.128. The molecule has 0 fully saturated rings. The molecular formula is C24H20F3N5O2. The van der Waals surface area contributed by atoms with E-state index in [1.165, 1.54) is 16.7 Å². The van der Waals surface area contributed by atoms with E-state index in [-0.39, 0.29) is 18.6 Å². The quantitative estimate of drug-likeness (QED) is 0.448. The van der Waals surface area contributed by atoms with Gasteiger partial charge in [0.1, 0.15) is 18.2 Å². The Bertz CT molecular complexity index is 1450. The molecule has 2 aromatic carbocycles. The molecule has 2 aromatic heterocycles. The lowest BCUT2D eigenvalue weighted by Gasteiger charge is -2.13. The van der Waals surface area contributed by atoms with E-state index in [4.69, 9.17) is 5.73 Å². The normalized spacial score (nSPS) is 11.5. The molecule has 0 saturated heterocycles. The number of nitrogens with one attached hydrogen (secondary N) is 1. The molecule has 0 saturated carbocycles. The molecular weight excluding hydrogens is 447 g/mol. The van der Waals surface area contributed by atoms with Gasteiger partial charge in [-0.25, -0.2) is 9.97 Å². The molecule has 0 spiro atoms. The summed E-state index contributed by atoms with van der Waals surface area (Å²) in [6.45, 7) is 1.61. The summed E-state index contributed by atoms with van der Waals surface area (Å²) in [4.78, 5) is 32.1. The fourth-order valence-corrected chi connectivity index (χ4v) is 3.60. The van der Waals surface area contributed by atoms with Crippen LogP contribution < -0.4 is 16.6 Å². The Morgan fingerprint density at radius 2 is 1.82 bits per heavy atom. The van der Waals surface area contributed by atoms with E-state index in [1.54, 1.807) is 31.3 Å². The average molecular weight is 467 g/mol. The molecule has 4 aromatic rings. The Hall–Kier alpha value is -4.21. The van der Waals surface area contributed by atoms with Crippen LogP contribution in [0.15, 0.2) is 65.6 Å². The standard InChI is InChI=1S/C24H20F3N5O2/c1-14-30-20-7-5-16(17-6-8-22(34)32(12-17)13-21(28)33)10-19(20)23(31-14)29-11-15-3-2-4-18(9-15)24(25,26)27/h2-10,12H,11,13H2,1H3,(H2,28,33)(H,29,30,31). The summed E-state index contributed by atoms with van der Waals surface area (Å²) in [5, 5.41) is 3.77. The number of aryl methyl sites for hydroxylation is 1. The first-order valence-corrected chi connectivity index (χ1v) is 10.3. The maximum Gasteiger partial charge on any atom is 0.416 e. The Labute approximate surface area is 192 Å². The van der Waals surface area contributed by atoms with Gasteiger partial charge < -0.3 is 15.6 Å². The van der Waals surface area contributed by atoms with Crippen molar-refractivity contribution in [1.82, 2.24) is 14.5 Å². The molecule has 0 bridgehead atoms. The van der Waals surface area contributed by atoms with Gasteiger partial charge in [-0.3, -0.25) is 9.59 Å². The highest BCUT2D eigenvalue weighted by molar-refractivity contribution is 5.92. The van der Waals surface area contributed by atoms with Gasteiger partial charge >= 0.3 is 6.18 Å². The predicted molar refractivity (Wildman–Crippen MR) is 122 cm³/mol. The van der Waals surface area contributed by atoms with E-state index in [0.29, 0.717) is 33.7 Å². The van der Waals surface area contributed by atoms with Crippen LogP contribution in [0.1, 0.15) is 17.0 Å². The number of anilines is 1. The van der Waals surface area contributed by atoms with Gasteiger partial charge in [-0.05, 0) is 53.9 Å². The van der Waals surface area contributed by atoms with Gasteiger partial charge in [0.15, 0.2) is 0 Å². The molecule has 10 heteroatoms. The smallest absolute Gasteiger partial charge is 0.368 e. The van der Waals surface area contributed by atoms with Crippen LogP contribution >= 0.6 is 0 Å². The van der Waals surface area contributed by atoms with Gasteiger partial charge in [-0.1, -0.05) is 18.2 Å². The molecule has 0 unspecified atom stereocenters. The third-order valence-electron chi connectivity index (χ3n) is 5.16. The molecule has 7 nitrogen and oxygen atoms in total. The average Bonchev–Trinajstić information content (AvgIpc) is 2.78. The summed E-state index contributed by atoms with van der Waals surface area (Å²) in [5.41, 5.74) is 6.65. The number of amides is 1. The van der Waals surface area contributed by atoms with Crippen molar-refractivity contribution in [3.63, 3.8) is 0 Å². The lowest BCUT2D eigenvalue weighted by atomic mass is 10.0. The number of halogens is 3. The Kier molecular flexibility index (Phi) is 6.06. The molecule has 0 aliphatic carbocycles. The number of pyridine rings is 1. The van der Waals surface area contributed by atoms with Crippen molar-refractivity contribution in [1.29, 1.82) is 0 Å². The van der Waals surface area contributed by atoms with Gasteiger partial charge in [-0.2, -0.15) is 13.2 Å². The number of carbonyl (C=O) groups excluding carboxylic acids is 1. The first-order chi connectivity index (χ1) is 16.1. The van der Waals surface area contributed by atoms with Gasteiger partial charge in [-0.15, -0.1) is 0 Å². The number of aromatic nitrogens is 3. The molecule has 3 N–H and O–H groups in total. The molecule has 4 rings (SSSR count). The van der Waals surface area contributed by atoms with Gasteiger partial charge in [0, 0.05) is 24.2 Å². The summed E-state index contributed by atoms with van der Waals surface area (Å²) in [7, 11) is 0. The molecule has 34 heavy (non-hydrogen) atoms. The van der Waals surface area contributed by atoms with Crippen molar-refractivity contribution in [2.24, 2.45) is 5.73 Å². The lowest BCUT2D eigenvalue weighted by Crippen LogP contribution is -2.27. The van der Waals surface area contributed by atoms with Gasteiger partial charge in [0.25, 0.3) is 5.56 Å². The molecule has 0 aliphatic rings. The Balaban J connectivity index is 1.70. The zero-order chi connectivity index (χ0) is 24.5. The number of carbonyl (C=O) groups is 1. The SMILES string of the molecule is Cc1nc(NCc2cccc(C(F)(F)F)c2)c2cc(-c3ccc(=O)n(CC(N)=O)c3)ccc2n1. The fraction of sp³-hybridized carbons (Fsp3) is 0.167. The summed E-state index contributed by atoms with van der Waals surface area (Å²) in [5.74, 6) is 0.330. The van der Waals surface area contributed by atoms with E-state index >= 15 is 0 Å². The first-order valence-electron chi connectivity index (χ1n) is 10.3. The van der Waals surface area contributed by atoms with E-state index in [9.17, 15) is 22.8 Å². The summed E-state index contributed by atoms with van der Waals surface area (Å²) in [6.07, 6.45) is -2.88. The summed E-state index contributed by atoms with van der Waals surface area (Å²) in [6, 6.07) is 13.5. The second-order valence-electron chi connectivity index (χ2n) is 7.75. The van der Waals surface area contributed by atoms with Crippen molar-refractivity contribution < 1.29 is 18.0 Å². The number of hydrogen-bond acceptors (Lipinski definition) is 5. The van der Waals surface area contributed by atoms with Crippen LogP contribution in [0.4, 0.5) is 19.0 Å². The van der Waals surface area contributed by atoms with Crippen LogP contribution in [0.2, 0.25) is 0 Å². The Morgan fingerprint density at radius 1 is 1.06 bits per heavy atom. The van der Waals surface area contributed by atoms with E-state index in [2.05, 4.69) is 15.3 Å². The number of hydrogen-bond donors (Lipinski definition) is 2. The highest BCUT2D eigenvalue weighted by Crippen LogP contribution is 2.30. The third kappa shape index (κ3) is 5.06. The van der Waals surface area contributed by atoms with Crippen LogP contribution in [0.3, 0.4) is 0 Å². The van der Waals surface area contributed by atoms with Crippen LogP contribution in [0.25, 0.3) is 22.0 Å². The minimum Gasteiger partial charge on any atom is -0.368 e. The number of primary amides is 1. The molecule has 0 aliphatic heterocycles. The number of fused-ring (bicyclic) bond motifs is 1. The first kappa shape index (κ1) is 23.0. The monoisotopic (exact) mass is 467 g/mol. The second-order valence-corrected chi connectivity index (χ2v) is 7.75. The number of alkyl halides is 3. The fourth-order valence-electron chi connectivity index (χ4n) is 3.60. The number of rotatable bonds is 6. The van der Waals surface area contributed by atoms with E-state index < -0.39 is 17.6 Å². The zero-order valence-corrected chi connectivity index (χ0v) is 18.1. The van der Waals surface area contributed by atoms with E-state index in [1.807, 2.05) is 12.1 Å². The topological polar surface area (TPSA) is 103 Å². The summed E-state index contributed by atoms with van der Waals surface area (Å²) < 4.78 is 40.3. The largest absolute Gasteiger partial charge is 0.416 e. The van der Waals surface area contributed by atoms with Gasteiger partial charge in [0.2, 0.25) is 5.91 Å². The third-order valence-corrected chi connectivity index (χ3v) is 5.16. The number of nitrogens with two attached hydrogens (primary N) is 1. The minimum atomic E-state index is -4.42. The summed E-state index contributed by atoms with van der Waals surface area (Å²) >= 11 is 0. The Morgan fingerprint density at radius 3 is 2.56 bits per heavy atom. The molecule has 0 radical (unpaired) electrons. The highest BCUT2D eigenvalue weighted by Gasteiger charge is 2.30. The maximum atomic E-state index is 13.0. The predicted octanol–water partition coefficient (Wildman–Crippen LogP) is 3.88.